The van der Waals surface area contributed by atoms with Crippen molar-refractivity contribution in [3.8, 4) is 11.5 Å². The number of ether oxygens (including phenoxy) is 2. The summed E-state index contributed by atoms with van der Waals surface area (Å²) in [4.78, 5) is 26.5. The minimum absolute atomic E-state index is 0.392. The molecule has 6 rings (SSSR count). The predicted octanol–water partition coefficient (Wildman–Crippen LogP) is 8.64. The van der Waals surface area contributed by atoms with Crippen LogP contribution in [0.15, 0.2) is 121 Å². The van der Waals surface area contributed by atoms with E-state index in [1.807, 2.05) is 111 Å². The first-order valence-corrected chi connectivity index (χ1v) is 13.6. The molecule has 0 N–H and O–H groups in total. The zero-order chi connectivity index (χ0) is 28.3. The second-order valence-corrected chi connectivity index (χ2v) is 10.2. The average Bonchev–Trinajstić information content (AvgIpc) is 3.00. The third-order valence-electron chi connectivity index (χ3n) is 7.27. The lowest BCUT2D eigenvalue weighted by Gasteiger charge is -2.17. The summed E-state index contributed by atoms with van der Waals surface area (Å²) in [5.41, 5.74) is 4.72. The summed E-state index contributed by atoms with van der Waals surface area (Å²) in [7, 11) is 0. The fourth-order valence-corrected chi connectivity index (χ4v) is 4.98. The normalized spacial score (nSPS) is 11.0. The number of fused-ring (bicyclic) bond motifs is 2. The second-order valence-electron chi connectivity index (χ2n) is 10.2. The lowest BCUT2D eigenvalue weighted by atomic mass is 9.96. The molecule has 0 spiro atoms. The first-order chi connectivity index (χ1) is 20.0. The number of carbonyl (C=O) groups is 2. The Morgan fingerprint density at radius 3 is 1.29 bits per heavy atom. The number of benzene rings is 6. The van der Waals surface area contributed by atoms with Crippen LogP contribution in [-0.2, 0) is 6.42 Å². The van der Waals surface area contributed by atoms with Crippen LogP contribution >= 0.6 is 0 Å². The van der Waals surface area contributed by atoms with E-state index in [0.29, 0.717) is 29.0 Å². The molecule has 0 unspecified atom stereocenters. The highest BCUT2D eigenvalue weighted by Crippen LogP contribution is 2.37. The summed E-state index contributed by atoms with van der Waals surface area (Å²) in [6.07, 6.45) is 0.392. The number of hydrogen-bond acceptors (Lipinski definition) is 4. The molecule has 0 aromatic heterocycles. The van der Waals surface area contributed by atoms with E-state index in [9.17, 15) is 9.59 Å². The molecule has 0 saturated heterocycles. The minimum atomic E-state index is -0.424. The Bertz CT molecular complexity index is 1760. The highest BCUT2D eigenvalue weighted by molar-refractivity contribution is 5.98. The van der Waals surface area contributed by atoms with E-state index in [-0.39, 0.29) is 0 Å². The molecule has 41 heavy (non-hydrogen) atoms. The summed E-state index contributed by atoms with van der Waals surface area (Å²) in [5.74, 6) is 0.148. The van der Waals surface area contributed by atoms with Gasteiger partial charge in [-0.05, 0) is 48.9 Å². The van der Waals surface area contributed by atoms with Crippen molar-refractivity contribution < 1.29 is 19.1 Å². The molecule has 6 aromatic rings. The van der Waals surface area contributed by atoms with Crippen molar-refractivity contribution in [3.05, 3.63) is 155 Å². The Balaban J connectivity index is 1.43. The van der Waals surface area contributed by atoms with E-state index < -0.39 is 11.9 Å². The first kappa shape index (κ1) is 26.0. The van der Waals surface area contributed by atoms with Gasteiger partial charge in [0.15, 0.2) is 0 Å². The lowest BCUT2D eigenvalue weighted by Crippen LogP contribution is -2.12. The SMILES string of the molecule is Cc1ccc(C(=O)Oc2c(Cc3ccc4ccccc4c3OC(=O)c3ccc(C)cc3)ccc3ccccc23)cc1. The lowest BCUT2D eigenvalue weighted by molar-refractivity contribution is 0.0728. The fourth-order valence-electron chi connectivity index (χ4n) is 4.98. The first-order valence-electron chi connectivity index (χ1n) is 13.6. The minimum Gasteiger partial charge on any atom is -0.422 e. The number of rotatable bonds is 6. The molecule has 0 saturated carbocycles. The zero-order valence-electron chi connectivity index (χ0n) is 22.9. The van der Waals surface area contributed by atoms with Gasteiger partial charge in [-0.25, -0.2) is 9.59 Å². The van der Waals surface area contributed by atoms with Crippen LogP contribution in [0.3, 0.4) is 0 Å². The van der Waals surface area contributed by atoms with Gasteiger partial charge in [-0.1, -0.05) is 108 Å². The Morgan fingerprint density at radius 1 is 0.488 bits per heavy atom. The highest BCUT2D eigenvalue weighted by Gasteiger charge is 2.20. The molecule has 0 fully saturated rings. The van der Waals surface area contributed by atoms with Crippen molar-refractivity contribution in [3.63, 3.8) is 0 Å². The summed E-state index contributed by atoms with van der Waals surface area (Å²) >= 11 is 0. The highest BCUT2D eigenvalue weighted by atomic mass is 16.5. The smallest absolute Gasteiger partial charge is 0.343 e. The topological polar surface area (TPSA) is 52.6 Å². The molecular formula is C37H28O4. The van der Waals surface area contributed by atoms with Crippen molar-refractivity contribution in [2.75, 3.05) is 0 Å². The van der Waals surface area contributed by atoms with Gasteiger partial charge in [0, 0.05) is 28.3 Å². The number of aryl methyl sites for hydroxylation is 2. The summed E-state index contributed by atoms with van der Waals surface area (Å²) in [5, 5.41) is 3.61. The van der Waals surface area contributed by atoms with Crippen LogP contribution in [0, 0.1) is 13.8 Å². The van der Waals surface area contributed by atoms with Gasteiger partial charge >= 0.3 is 11.9 Å². The molecule has 0 aliphatic heterocycles. The van der Waals surface area contributed by atoms with Crippen LogP contribution in [0.5, 0.6) is 11.5 Å². The predicted molar refractivity (Wildman–Crippen MR) is 163 cm³/mol. The molecular weight excluding hydrogens is 508 g/mol. The van der Waals surface area contributed by atoms with Crippen molar-refractivity contribution in [1.82, 2.24) is 0 Å². The molecule has 6 aromatic carbocycles. The van der Waals surface area contributed by atoms with E-state index in [0.717, 1.165) is 43.8 Å². The van der Waals surface area contributed by atoms with E-state index in [1.165, 1.54) is 0 Å². The third kappa shape index (κ3) is 5.45. The van der Waals surface area contributed by atoms with Crippen LogP contribution in [0.25, 0.3) is 21.5 Å². The largest absolute Gasteiger partial charge is 0.422 e. The van der Waals surface area contributed by atoms with Crippen LogP contribution in [0.4, 0.5) is 0 Å². The Morgan fingerprint density at radius 2 is 0.878 bits per heavy atom. The third-order valence-corrected chi connectivity index (χ3v) is 7.27. The Kier molecular flexibility index (Phi) is 7.05. The van der Waals surface area contributed by atoms with Gasteiger partial charge < -0.3 is 9.47 Å². The maximum Gasteiger partial charge on any atom is 0.343 e. The van der Waals surface area contributed by atoms with Crippen LogP contribution in [-0.4, -0.2) is 11.9 Å². The van der Waals surface area contributed by atoms with Gasteiger partial charge in [0.05, 0.1) is 11.1 Å². The van der Waals surface area contributed by atoms with Gasteiger partial charge in [-0.3, -0.25) is 0 Å². The molecule has 200 valence electrons. The molecule has 0 aliphatic rings. The molecule has 4 nitrogen and oxygen atoms in total. The van der Waals surface area contributed by atoms with Crippen LogP contribution < -0.4 is 9.47 Å². The molecule has 0 heterocycles. The van der Waals surface area contributed by atoms with Gasteiger partial charge in [0.25, 0.3) is 0 Å². The standard InChI is InChI=1S/C37H28O4/c1-24-11-15-28(16-12-24)36(38)40-34-30(21-19-26-7-3-5-9-32(26)34)23-31-22-20-27-8-4-6-10-33(27)35(31)41-37(39)29-17-13-25(2)14-18-29/h3-22H,23H2,1-2H3. The van der Waals surface area contributed by atoms with E-state index in [4.69, 9.17) is 9.47 Å². The average molecular weight is 537 g/mol. The van der Waals surface area contributed by atoms with E-state index >= 15 is 0 Å². The van der Waals surface area contributed by atoms with Crippen molar-refractivity contribution in [2.45, 2.75) is 20.3 Å². The van der Waals surface area contributed by atoms with Crippen molar-refractivity contribution in [2.24, 2.45) is 0 Å². The Hall–Kier alpha value is -5.22. The van der Waals surface area contributed by atoms with E-state index in [2.05, 4.69) is 0 Å². The molecule has 0 amide bonds. The molecule has 0 radical (unpaired) electrons. The van der Waals surface area contributed by atoms with Gasteiger partial charge in [-0.2, -0.15) is 0 Å². The summed E-state index contributed by atoms with van der Waals surface area (Å²) in [6, 6.07) is 38.3. The zero-order valence-corrected chi connectivity index (χ0v) is 22.9. The molecule has 0 bridgehead atoms. The molecule has 4 heteroatoms. The summed E-state index contributed by atoms with van der Waals surface area (Å²) < 4.78 is 12.2. The van der Waals surface area contributed by atoms with Crippen molar-refractivity contribution in [1.29, 1.82) is 0 Å². The summed E-state index contributed by atoms with van der Waals surface area (Å²) in [6.45, 7) is 3.95. The maximum absolute atomic E-state index is 13.3. The number of carbonyl (C=O) groups excluding carboxylic acids is 2. The van der Waals surface area contributed by atoms with Gasteiger partial charge in [0.2, 0.25) is 0 Å². The van der Waals surface area contributed by atoms with E-state index in [1.54, 1.807) is 24.3 Å². The van der Waals surface area contributed by atoms with Crippen LogP contribution in [0.1, 0.15) is 43.0 Å². The van der Waals surface area contributed by atoms with Crippen LogP contribution in [0.2, 0.25) is 0 Å². The number of hydrogen-bond donors (Lipinski definition) is 0. The monoisotopic (exact) mass is 536 g/mol. The Labute approximate surface area is 238 Å². The molecule has 0 aliphatic carbocycles. The quantitative estimate of drug-likeness (QED) is 0.158. The maximum atomic E-state index is 13.3. The molecule has 0 atom stereocenters. The fraction of sp³-hybridized carbons (Fsp3) is 0.0811. The van der Waals surface area contributed by atoms with Gasteiger partial charge in [0.1, 0.15) is 11.5 Å². The second kappa shape index (κ2) is 11.1. The van der Waals surface area contributed by atoms with Crippen molar-refractivity contribution >= 4 is 33.5 Å². The van der Waals surface area contributed by atoms with Gasteiger partial charge in [-0.15, -0.1) is 0 Å². The number of esters is 2.